The maximum atomic E-state index is 12.7. The minimum atomic E-state index is -1.27. The van der Waals surface area contributed by atoms with E-state index >= 15 is 0 Å². The fraction of sp³-hybridized carbons (Fsp3) is 0.731. The molecule has 5 rings (SSSR count). The number of aldehydes is 1. The van der Waals surface area contributed by atoms with E-state index in [1.54, 1.807) is 6.07 Å². The van der Waals surface area contributed by atoms with E-state index in [-0.39, 0.29) is 30.7 Å². The van der Waals surface area contributed by atoms with E-state index < -0.39 is 39.7 Å². The molecule has 0 saturated heterocycles. The lowest BCUT2D eigenvalue weighted by Gasteiger charge is -2.65. The van der Waals surface area contributed by atoms with Gasteiger partial charge in [0.2, 0.25) is 0 Å². The van der Waals surface area contributed by atoms with Gasteiger partial charge in [-0.1, -0.05) is 6.92 Å². The van der Waals surface area contributed by atoms with E-state index in [0.29, 0.717) is 38.5 Å². The number of carbonyl (C=O) groups is 2. The van der Waals surface area contributed by atoms with Crippen molar-refractivity contribution in [2.75, 3.05) is 6.54 Å². The molecule has 8 heteroatoms. The van der Waals surface area contributed by atoms with Crippen LogP contribution in [0, 0.1) is 22.7 Å². The van der Waals surface area contributed by atoms with E-state index in [4.69, 9.17) is 14.9 Å². The van der Waals surface area contributed by atoms with E-state index in [0.717, 1.165) is 24.7 Å². The summed E-state index contributed by atoms with van der Waals surface area (Å²) in [4.78, 5) is 36.0. The zero-order valence-electron chi connectivity index (χ0n) is 19.7. The minimum Gasteiger partial charge on any atom is -0.461 e. The summed E-state index contributed by atoms with van der Waals surface area (Å²) >= 11 is 0. The maximum Gasteiger partial charge on any atom is 0.335 e. The molecule has 186 valence electrons. The quantitative estimate of drug-likeness (QED) is 0.446. The van der Waals surface area contributed by atoms with Gasteiger partial charge in [0.1, 0.15) is 12.4 Å². The standard InChI is InChI=1S/C26H35NO7/c1-23-8-5-19-20(26(23,32)11-7-18(23)16-2-3-21(29)33-14-16)6-10-25(31)12-17(34-22(30)13-27)4-9-24(19,25)15-28/h2-3,14-15,17-20,31-32H,4-13,27H2,1H3. The molecule has 1 aromatic rings. The summed E-state index contributed by atoms with van der Waals surface area (Å²) in [6.45, 7) is 1.92. The van der Waals surface area contributed by atoms with Crippen molar-refractivity contribution in [3.8, 4) is 0 Å². The molecule has 0 radical (unpaired) electrons. The Labute approximate surface area is 198 Å². The fourth-order valence-corrected chi connectivity index (χ4v) is 8.57. The summed E-state index contributed by atoms with van der Waals surface area (Å²) in [5.74, 6) is -0.694. The molecular weight excluding hydrogens is 438 g/mol. The van der Waals surface area contributed by atoms with Crippen LogP contribution in [0.4, 0.5) is 0 Å². The molecule has 0 spiro atoms. The van der Waals surface area contributed by atoms with Gasteiger partial charge in [-0.3, -0.25) is 4.79 Å². The van der Waals surface area contributed by atoms with Gasteiger partial charge < -0.3 is 29.9 Å². The molecule has 4 aliphatic rings. The Hall–Kier alpha value is -2.03. The largest absolute Gasteiger partial charge is 0.461 e. The molecular formula is C26H35NO7. The van der Waals surface area contributed by atoms with Gasteiger partial charge >= 0.3 is 11.6 Å². The molecule has 4 saturated carbocycles. The Morgan fingerprint density at radius 2 is 1.91 bits per heavy atom. The summed E-state index contributed by atoms with van der Waals surface area (Å²) in [6.07, 6.45) is 6.97. The number of rotatable bonds is 4. The number of hydrogen-bond acceptors (Lipinski definition) is 8. The smallest absolute Gasteiger partial charge is 0.335 e. The minimum absolute atomic E-state index is 0.0576. The highest BCUT2D eigenvalue weighted by Gasteiger charge is 2.71. The second kappa shape index (κ2) is 8.00. The normalized spacial score (nSPS) is 45.5. The zero-order chi connectivity index (χ0) is 24.4. The maximum absolute atomic E-state index is 12.7. The average molecular weight is 474 g/mol. The molecule has 1 aromatic heterocycles. The summed E-state index contributed by atoms with van der Waals surface area (Å²) in [5.41, 5.74) is 2.31. The van der Waals surface area contributed by atoms with Crippen molar-refractivity contribution in [1.29, 1.82) is 0 Å². The number of esters is 1. The van der Waals surface area contributed by atoms with Crippen LogP contribution in [0.15, 0.2) is 27.6 Å². The van der Waals surface area contributed by atoms with E-state index in [9.17, 15) is 24.6 Å². The molecule has 8 unspecified atom stereocenters. The molecule has 0 bridgehead atoms. The van der Waals surface area contributed by atoms with Crippen LogP contribution >= 0.6 is 0 Å². The van der Waals surface area contributed by atoms with Crippen LogP contribution in [-0.4, -0.2) is 46.3 Å². The number of hydrogen-bond donors (Lipinski definition) is 3. The lowest BCUT2D eigenvalue weighted by atomic mass is 9.41. The van der Waals surface area contributed by atoms with E-state index in [2.05, 4.69) is 6.92 Å². The first kappa shape index (κ1) is 23.7. The molecule has 34 heavy (non-hydrogen) atoms. The Morgan fingerprint density at radius 3 is 2.59 bits per heavy atom. The first-order chi connectivity index (χ1) is 16.1. The van der Waals surface area contributed by atoms with Gasteiger partial charge in [-0.15, -0.1) is 0 Å². The second-order valence-electron chi connectivity index (χ2n) is 11.4. The van der Waals surface area contributed by atoms with Crippen molar-refractivity contribution in [2.45, 2.75) is 87.9 Å². The van der Waals surface area contributed by atoms with E-state index in [1.807, 2.05) is 0 Å². The highest BCUT2D eigenvalue weighted by atomic mass is 16.5. The molecule has 4 fully saturated rings. The number of nitrogens with two attached hydrogens (primary N) is 1. The van der Waals surface area contributed by atoms with Crippen LogP contribution in [0.5, 0.6) is 0 Å². The summed E-state index contributed by atoms with van der Waals surface area (Å²) in [6, 6.07) is 3.23. The van der Waals surface area contributed by atoms with Gasteiger partial charge in [-0.05, 0) is 80.8 Å². The van der Waals surface area contributed by atoms with Gasteiger partial charge in [0, 0.05) is 17.9 Å². The summed E-state index contributed by atoms with van der Waals surface area (Å²) in [5, 5.41) is 24.1. The second-order valence-corrected chi connectivity index (χ2v) is 11.4. The molecule has 0 aliphatic heterocycles. The predicted molar refractivity (Wildman–Crippen MR) is 122 cm³/mol. The highest BCUT2D eigenvalue weighted by Crippen LogP contribution is 2.71. The van der Waals surface area contributed by atoms with Gasteiger partial charge in [-0.2, -0.15) is 0 Å². The van der Waals surface area contributed by atoms with Crippen molar-refractivity contribution in [3.63, 3.8) is 0 Å². The van der Waals surface area contributed by atoms with Crippen molar-refractivity contribution in [1.82, 2.24) is 0 Å². The van der Waals surface area contributed by atoms with Crippen molar-refractivity contribution in [2.24, 2.45) is 28.4 Å². The lowest BCUT2D eigenvalue weighted by molar-refractivity contribution is -0.248. The van der Waals surface area contributed by atoms with Crippen molar-refractivity contribution in [3.05, 3.63) is 34.4 Å². The Balaban J connectivity index is 1.45. The topological polar surface area (TPSA) is 140 Å². The first-order valence-corrected chi connectivity index (χ1v) is 12.5. The molecule has 4 N–H and O–H groups in total. The van der Waals surface area contributed by atoms with Gasteiger partial charge in [0.25, 0.3) is 0 Å². The van der Waals surface area contributed by atoms with Crippen LogP contribution in [0.1, 0.15) is 76.2 Å². The molecule has 0 amide bonds. The first-order valence-electron chi connectivity index (χ1n) is 12.5. The molecule has 4 aliphatic carbocycles. The lowest BCUT2D eigenvalue weighted by Crippen LogP contribution is -2.68. The number of ether oxygens (including phenoxy) is 1. The monoisotopic (exact) mass is 473 g/mol. The van der Waals surface area contributed by atoms with Crippen LogP contribution in [0.3, 0.4) is 0 Å². The van der Waals surface area contributed by atoms with Crippen LogP contribution in [0.25, 0.3) is 0 Å². The Morgan fingerprint density at radius 1 is 1.15 bits per heavy atom. The molecule has 8 atom stereocenters. The number of carbonyl (C=O) groups excluding carboxylic acids is 2. The van der Waals surface area contributed by atoms with Gasteiger partial charge in [0.05, 0.1) is 29.4 Å². The zero-order valence-corrected chi connectivity index (χ0v) is 19.7. The Kier molecular flexibility index (Phi) is 5.58. The van der Waals surface area contributed by atoms with Crippen LogP contribution < -0.4 is 11.4 Å². The SMILES string of the molecule is CC12CCC3C(CCC4(O)CC(OC(=O)CN)CCC34C=O)C1(O)CCC2c1ccc(=O)oc1. The third kappa shape index (κ3) is 3.11. The van der Waals surface area contributed by atoms with Crippen molar-refractivity contribution >= 4 is 12.3 Å². The van der Waals surface area contributed by atoms with Gasteiger partial charge in [-0.25, -0.2) is 4.79 Å². The fourth-order valence-electron chi connectivity index (χ4n) is 8.57. The molecule has 1 heterocycles. The predicted octanol–water partition coefficient (Wildman–Crippen LogP) is 2.05. The van der Waals surface area contributed by atoms with Gasteiger partial charge in [0.15, 0.2) is 0 Å². The van der Waals surface area contributed by atoms with Crippen LogP contribution in [0.2, 0.25) is 0 Å². The number of aliphatic hydroxyl groups is 2. The molecule has 8 nitrogen and oxygen atoms in total. The third-order valence-corrected chi connectivity index (χ3v) is 10.3. The number of fused-ring (bicyclic) bond motifs is 5. The molecule has 0 aromatic carbocycles. The average Bonchev–Trinajstić information content (AvgIpc) is 3.10. The van der Waals surface area contributed by atoms with Crippen LogP contribution in [-0.2, 0) is 14.3 Å². The summed E-state index contributed by atoms with van der Waals surface area (Å²) in [7, 11) is 0. The Bertz CT molecular complexity index is 1020. The van der Waals surface area contributed by atoms with E-state index in [1.165, 1.54) is 12.3 Å². The summed E-state index contributed by atoms with van der Waals surface area (Å²) < 4.78 is 10.6. The third-order valence-electron chi connectivity index (χ3n) is 10.3. The highest BCUT2D eigenvalue weighted by molar-refractivity contribution is 5.71. The van der Waals surface area contributed by atoms with Crippen molar-refractivity contribution < 1.29 is 29.0 Å².